The van der Waals surface area contributed by atoms with Gasteiger partial charge in [0.15, 0.2) is 0 Å². The van der Waals surface area contributed by atoms with Crippen LogP contribution in [0.2, 0.25) is 0 Å². The first-order chi connectivity index (χ1) is 8.16. The van der Waals surface area contributed by atoms with E-state index in [9.17, 15) is 4.79 Å². The second kappa shape index (κ2) is 5.17. The van der Waals surface area contributed by atoms with E-state index in [2.05, 4.69) is 17.2 Å². The van der Waals surface area contributed by atoms with Gasteiger partial charge in [-0.3, -0.25) is 4.79 Å². The van der Waals surface area contributed by atoms with Crippen molar-refractivity contribution in [2.24, 2.45) is 5.92 Å². The molecular formula is C13H19N3O. The maximum atomic E-state index is 12.0. The number of nitrogens with zero attached hydrogens (tertiary/aromatic N) is 1. The Labute approximate surface area is 102 Å². The molecule has 0 spiro atoms. The molecule has 1 amide bonds. The highest BCUT2D eigenvalue weighted by Gasteiger charge is 2.23. The average Bonchev–Trinajstić information content (AvgIpc) is 2.32. The van der Waals surface area contributed by atoms with Gasteiger partial charge in [-0.2, -0.15) is 0 Å². The highest BCUT2D eigenvalue weighted by atomic mass is 16.1. The van der Waals surface area contributed by atoms with E-state index in [-0.39, 0.29) is 11.9 Å². The number of amides is 1. The van der Waals surface area contributed by atoms with Crippen molar-refractivity contribution in [2.75, 3.05) is 5.73 Å². The van der Waals surface area contributed by atoms with Gasteiger partial charge in [-0.15, -0.1) is 0 Å². The van der Waals surface area contributed by atoms with E-state index in [1.54, 1.807) is 18.2 Å². The Morgan fingerprint density at radius 2 is 2.18 bits per heavy atom. The molecule has 2 unspecified atom stereocenters. The van der Waals surface area contributed by atoms with Gasteiger partial charge in [-0.25, -0.2) is 4.98 Å². The number of nitrogens with two attached hydrogens (primary N) is 1. The minimum absolute atomic E-state index is 0.115. The van der Waals surface area contributed by atoms with Gasteiger partial charge >= 0.3 is 0 Å². The van der Waals surface area contributed by atoms with Crippen LogP contribution in [0.5, 0.6) is 0 Å². The van der Waals surface area contributed by atoms with Crippen molar-refractivity contribution in [3.8, 4) is 0 Å². The lowest BCUT2D eigenvalue weighted by Crippen LogP contribution is -2.41. The fraction of sp³-hybridized carbons (Fsp3) is 0.538. The fourth-order valence-electron chi connectivity index (χ4n) is 2.35. The molecule has 1 heterocycles. The fourth-order valence-corrected chi connectivity index (χ4v) is 2.35. The molecule has 2 atom stereocenters. The van der Waals surface area contributed by atoms with Crippen molar-refractivity contribution in [3.05, 3.63) is 23.9 Å². The first kappa shape index (κ1) is 11.9. The molecule has 17 heavy (non-hydrogen) atoms. The number of pyridine rings is 1. The van der Waals surface area contributed by atoms with Crippen LogP contribution >= 0.6 is 0 Å². The Bertz CT molecular complexity index is 405. The highest BCUT2D eigenvalue weighted by molar-refractivity contribution is 5.92. The lowest BCUT2D eigenvalue weighted by atomic mass is 9.86. The third-order valence-corrected chi connectivity index (χ3v) is 3.43. The normalized spacial score (nSPS) is 24.3. The number of hydrogen-bond donors (Lipinski definition) is 2. The molecule has 1 aliphatic carbocycles. The number of anilines is 1. The molecule has 4 heteroatoms. The number of nitrogen functional groups attached to an aromatic ring is 1. The Hall–Kier alpha value is -1.58. The maximum Gasteiger partial charge on any atom is 0.270 e. The third-order valence-electron chi connectivity index (χ3n) is 3.43. The van der Waals surface area contributed by atoms with E-state index in [4.69, 9.17) is 5.73 Å². The summed E-state index contributed by atoms with van der Waals surface area (Å²) in [6.45, 7) is 2.19. The molecule has 4 nitrogen and oxygen atoms in total. The van der Waals surface area contributed by atoms with Crippen molar-refractivity contribution in [3.63, 3.8) is 0 Å². The number of rotatable bonds is 2. The molecule has 2 rings (SSSR count). The molecule has 0 aliphatic heterocycles. The van der Waals surface area contributed by atoms with Gasteiger partial charge in [0, 0.05) is 6.04 Å². The molecule has 3 N–H and O–H groups in total. The molecule has 1 saturated carbocycles. The lowest BCUT2D eigenvalue weighted by Gasteiger charge is -2.29. The zero-order valence-corrected chi connectivity index (χ0v) is 10.1. The number of carbonyl (C=O) groups is 1. The van der Waals surface area contributed by atoms with Crippen LogP contribution in [-0.4, -0.2) is 16.9 Å². The van der Waals surface area contributed by atoms with Crippen LogP contribution in [0, 0.1) is 5.92 Å². The Morgan fingerprint density at radius 3 is 2.88 bits per heavy atom. The SMILES string of the molecule is CC1CCCCC1NC(=O)c1cccc(N)n1. The summed E-state index contributed by atoms with van der Waals surface area (Å²) in [5.74, 6) is 0.819. The minimum Gasteiger partial charge on any atom is -0.384 e. The Kier molecular flexibility index (Phi) is 3.61. The monoisotopic (exact) mass is 233 g/mol. The first-order valence-corrected chi connectivity index (χ1v) is 6.20. The zero-order chi connectivity index (χ0) is 12.3. The second-order valence-electron chi connectivity index (χ2n) is 4.79. The first-order valence-electron chi connectivity index (χ1n) is 6.20. The molecule has 0 aromatic carbocycles. The standard InChI is InChI=1S/C13H19N3O/c1-9-5-2-3-6-10(9)16-13(17)11-7-4-8-12(14)15-11/h4,7-10H,2-3,5-6H2,1H3,(H2,14,15)(H,16,17). The third kappa shape index (κ3) is 2.96. The molecule has 0 bridgehead atoms. The van der Waals surface area contributed by atoms with Crippen LogP contribution in [0.1, 0.15) is 43.1 Å². The van der Waals surface area contributed by atoms with Crippen LogP contribution in [0.3, 0.4) is 0 Å². The predicted molar refractivity (Wildman–Crippen MR) is 67.5 cm³/mol. The summed E-state index contributed by atoms with van der Waals surface area (Å²) < 4.78 is 0. The van der Waals surface area contributed by atoms with Gasteiger partial charge in [-0.1, -0.05) is 25.8 Å². The van der Waals surface area contributed by atoms with Crippen LogP contribution in [0.4, 0.5) is 5.82 Å². The van der Waals surface area contributed by atoms with Crippen molar-refractivity contribution in [1.82, 2.24) is 10.3 Å². The summed E-state index contributed by atoms with van der Waals surface area (Å²) in [5, 5.41) is 3.06. The summed E-state index contributed by atoms with van der Waals surface area (Å²) in [6.07, 6.45) is 4.72. The van der Waals surface area contributed by atoms with E-state index in [0.717, 1.165) is 6.42 Å². The number of aromatic nitrogens is 1. The molecule has 1 aromatic heterocycles. The number of nitrogens with one attached hydrogen (secondary N) is 1. The summed E-state index contributed by atoms with van der Waals surface area (Å²) >= 11 is 0. The van der Waals surface area contributed by atoms with Gasteiger partial charge in [0.2, 0.25) is 0 Å². The second-order valence-corrected chi connectivity index (χ2v) is 4.79. The Morgan fingerprint density at radius 1 is 1.41 bits per heavy atom. The van der Waals surface area contributed by atoms with Crippen LogP contribution in [0.25, 0.3) is 0 Å². The molecule has 1 fully saturated rings. The maximum absolute atomic E-state index is 12.0. The van der Waals surface area contributed by atoms with Crippen molar-refractivity contribution in [2.45, 2.75) is 38.6 Å². The van der Waals surface area contributed by atoms with Crippen molar-refractivity contribution < 1.29 is 4.79 Å². The summed E-state index contributed by atoms with van der Waals surface area (Å²) in [4.78, 5) is 16.0. The molecular weight excluding hydrogens is 214 g/mol. The van der Waals surface area contributed by atoms with Gasteiger partial charge in [0.05, 0.1) is 0 Å². The van der Waals surface area contributed by atoms with E-state index >= 15 is 0 Å². The summed E-state index contributed by atoms with van der Waals surface area (Å²) in [5.41, 5.74) is 5.97. The van der Waals surface area contributed by atoms with E-state index < -0.39 is 0 Å². The topological polar surface area (TPSA) is 68.0 Å². The number of carbonyl (C=O) groups excluding carboxylic acids is 1. The molecule has 92 valence electrons. The van der Waals surface area contributed by atoms with Gasteiger partial charge in [0.1, 0.15) is 11.5 Å². The predicted octanol–water partition coefficient (Wildman–Crippen LogP) is 1.97. The van der Waals surface area contributed by atoms with Gasteiger partial charge < -0.3 is 11.1 Å². The summed E-state index contributed by atoms with van der Waals surface area (Å²) in [6, 6.07) is 5.40. The van der Waals surface area contributed by atoms with Gasteiger partial charge in [0.25, 0.3) is 5.91 Å². The smallest absolute Gasteiger partial charge is 0.270 e. The van der Waals surface area contributed by atoms with Crippen LogP contribution < -0.4 is 11.1 Å². The summed E-state index contributed by atoms with van der Waals surface area (Å²) in [7, 11) is 0. The van der Waals surface area contributed by atoms with Crippen LogP contribution in [0.15, 0.2) is 18.2 Å². The lowest BCUT2D eigenvalue weighted by molar-refractivity contribution is 0.0905. The molecule has 0 saturated heterocycles. The quantitative estimate of drug-likeness (QED) is 0.820. The molecule has 1 aromatic rings. The van der Waals surface area contributed by atoms with Crippen molar-refractivity contribution in [1.29, 1.82) is 0 Å². The van der Waals surface area contributed by atoms with Crippen molar-refractivity contribution >= 4 is 11.7 Å². The van der Waals surface area contributed by atoms with E-state index in [1.807, 2.05) is 0 Å². The highest BCUT2D eigenvalue weighted by Crippen LogP contribution is 2.23. The van der Waals surface area contributed by atoms with Crippen LogP contribution in [-0.2, 0) is 0 Å². The number of hydrogen-bond acceptors (Lipinski definition) is 3. The average molecular weight is 233 g/mol. The van der Waals surface area contributed by atoms with E-state index in [1.165, 1.54) is 19.3 Å². The largest absolute Gasteiger partial charge is 0.384 e. The molecule has 1 aliphatic rings. The van der Waals surface area contributed by atoms with E-state index in [0.29, 0.717) is 17.4 Å². The zero-order valence-electron chi connectivity index (χ0n) is 10.1. The van der Waals surface area contributed by atoms with Gasteiger partial charge in [-0.05, 0) is 30.9 Å². The molecule has 0 radical (unpaired) electrons. The Balaban J connectivity index is 2.01. The minimum atomic E-state index is -0.115.